The van der Waals surface area contributed by atoms with Crippen LogP contribution in [0.2, 0.25) is 0 Å². The fourth-order valence-electron chi connectivity index (χ4n) is 2.02. The first-order valence-corrected chi connectivity index (χ1v) is 8.47. The first-order chi connectivity index (χ1) is 10.9. The molecule has 0 unspecified atom stereocenters. The maximum absolute atomic E-state index is 12.2. The molecule has 0 atom stereocenters. The second-order valence-corrected chi connectivity index (χ2v) is 6.60. The Labute approximate surface area is 147 Å². The Balaban J connectivity index is 1.96. The lowest BCUT2D eigenvalue weighted by Crippen LogP contribution is -2.33. The van der Waals surface area contributed by atoms with Crippen LogP contribution in [-0.2, 0) is 4.79 Å². The van der Waals surface area contributed by atoms with Crippen LogP contribution < -0.4 is 16.0 Å². The highest BCUT2D eigenvalue weighted by atomic mass is 79.9. The predicted octanol–water partition coefficient (Wildman–Crippen LogP) is 2.93. The molecule has 0 radical (unpaired) electrons. The Morgan fingerprint density at radius 2 is 2.04 bits per heavy atom. The Morgan fingerprint density at radius 3 is 2.70 bits per heavy atom. The van der Waals surface area contributed by atoms with Gasteiger partial charge in [-0.05, 0) is 49.1 Å². The molecule has 1 aromatic carbocycles. The van der Waals surface area contributed by atoms with Crippen molar-refractivity contribution in [3.8, 4) is 0 Å². The van der Waals surface area contributed by atoms with Crippen LogP contribution in [-0.4, -0.2) is 29.8 Å². The molecule has 3 N–H and O–H groups in total. The van der Waals surface area contributed by atoms with Crippen LogP contribution in [0.25, 0.3) is 0 Å². The highest BCUT2D eigenvalue weighted by molar-refractivity contribution is 9.10. The number of hydrogen-bond acceptors (Lipinski definition) is 5. The highest BCUT2D eigenvalue weighted by Crippen LogP contribution is 2.23. The Morgan fingerprint density at radius 1 is 1.30 bits per heavy atom. The lowest BCUT2D eigenvalue weighted by atomic mass is 10.2. The van der Waals surface area contributed by atoms with Gasteiger partial charge in [0.05, 0.1) is 17.8 Å². The van der Waals surface area contributed by atoms with Crippen LogP contribution in [0, 0.1) is 13.8 Å². The van der Waals surface area contributed by atoms with E-state index >= 15 is 0 Å². The molecule has 0 saturated heterocycles. The van der Waals surface area contributed by atoms with E-state index in [0.717, 1.165) is 15.7 Å². The molecule has 23 heavy (non-hydrogen) atoms. The summed E-state index contributed by atoms with van der Waals surface area (Å²) in [5.41, 5.74) is 2.78. The predicted molar refractivity (Wildman–Crippen MR) is 96.2 cm³/mol. The van der Waals surface area contributed by atoms with Crippen LogP contribution in [0.4, 0.5) is 10.7 Å². The molecule has 122 valence electrons. The van der Waals surface area contributed by atoms with Crippen LogP contribution >= 0.6 is 27.5 Å². The smallest absolute Gasteiger partial charge is 0.256 e. The van der Waals surface area contributed by atoms with Gasteiger partial charge in [-0.2, -0.15) is 4.37 Å². The fourth-order valence-corrected chi connectivity index (χ4v) is 3.24. The molecule has 0 fully saturated rings. The third-order valence-corrected chi connectivity index (χ3v) is 4.64. The normalized spacial score (nSPS) is 10.3. The zero-order chi connectivity index (χ0) is 17.0. The van der Waals surface area contributed by atoms with E-state index in [2.05, 4.69) is 36.3 Å². The Kier molecular flexibility index (Phi) is 5.73. The van der Waals surface area contributed by atoms with Gasteiger partial charge in [0, 0.05) is 17.2 Å². The molecular formula is C15H17BrN4O2S. The molecule has 0 spiro atoms. The van der Waals surface area contributed by atoms with Crippen LogP contribution in [0.1, 0.15) is 21.6 Å². The summed E-state index contributed by atoms with van der Waals surface area (Å²) in [5, 5.41) is 9.01. The van der Waals surface area contributed by atoms with Crippen molar-refractivity contribution in [2.75, 3.05) is 24.2 Å². The number of benzene rings is 1. The van der Waals surface area contributed by atoms with Gasteiger partial charge in [0.25, 0.3) is 5.91 Å². The van der Waals surface area contributed by atoms with E-state index in [9.17, 15) is 9.59 Å². The number of aromatic nitrogens is 1. The molecule has 6 nitrogen and oxygen atoms in total. The molecule has 8 heteroatoms. The average Bonchev–Trinajstić information content (AvgIpc) is 2.88. The largest absolute Gasteiger partial charge is 0.378 e. The van der Waals surface area contributed by atoms with Crippen LogP contribution in [0.3, 0.4) is 0 Å². The molecule has 2 amide bonds. The van der Waals surface area contributed by atoms with Crippen molar-refractivity contribution >= 4 is 50.0 Å². The molecule has 0 saturated carbocycles. The van der Waals surface area contributed by atoms with Gasteiger partial charge in [-0.25, -0.2) is 0 Å². The second-order valence-electron chi connectivity index (χ2n) is 4.91. The van der Waals surface area contributed by atoms with Crippen LogP contribution in [0.15, 0.2) is 22.7 Å². The van der Waals surface area contributed by atoms with E-state index in [4.69, 9.17) is 0 Å². The lowest BCUT2D eigenvalue weighted by molar-refractivity contribution is -0.115. The van der Waals surface area contributed by atoms with Crippen molar-refractivity contribution < 1.29 is 9.59 Å². The monoisotopic (exact) mass is 396 g/mol. The number of carbonyl (C=O) groups excluding carboxylic acids is 2. The van der Waals surface area contributed by atoms with Gasteiger partial charge in [-0.15, -0.1) is 0 Å². The SMILES string of the molecule is CNc1snc(C)c1C(=O)NCC(=O)Nc1ccc(Br)cc1C. The standard InChI is InChI=1S/C15H17BrN4O2S/c1-8-6-10(16)4-5-11(8)19-12(21)7-18-14(22)13-9(2)20-23-15(13)17-3/h4-6,17H,7H2,1-3H3,(H,18,22)(H,19,21). The van der Waals surface area contributed by atoms with Gasteiger partial charge >= 0.3 is 0 Å². The zero-order valence-electron chi connectivity index (χ0n) is 13.0. The van der Waals surface area contributed by atoms with Gasteiger partial charge < -0.3 is 16.0 Å². The van der Waals surface area contributed by atoms with E-state index in [0.29, 0.717) is 16.3 Å². The van der Waals surface area contributed by atoms with Crippen molar-refractivity contribution in [1.29, 1.82) is 0 Å². The molecule has 0 aliphatic rings. The number of nitrogens with one attached hydrogen (secondary N) is 3. The van der Waals surface area contributed by atoms with Gasteiger partial charge in [0.1, 0.15) is 5.00 Å². The minimum Gasteiger partial charge on any atom is -0.378 e. The number of rotatable bonds is 5. The molecule has 2 aromatic rings. The second kappa shape index (κ2) is 7.56. The molecule has 2 rings (SSSR count). The third kappa shape index (κ3) is 4.29. The van der Waals surface area contributed by atoms with Gasteiger partial charge in [-0.1, -0.05) is 15.9 Å². The number of halogens is 1. The quantitative estimate of drug-likeness (QED) is 0.725. The maximum Gasteiger partial charge on any atom is 0.256 e. The van der Waals surface area contributed by atoms with Crippen LogP contribution in [0.5, 0.6) is 0 Å². The van der Waals surface area contributed by atoms with Crippen molar-refractivity contribution in [2.45, 2.75) is 13.8 Å². The van der Waals surface area contributed by atoms with Gasteiger partial charge in [-0.3, -0.25) is 9.59 Å². The van der Waals surface area contributed by atoms with Crippen molar-refractivity contribution in [3.63, 3.8) is 0 Å². The lowest BCUT2D eigenvalue weighted by Gasteiger charge is -2.10. The van der Waals surface area contributed by atoms with E-state index in [-0.39, 0.29) is 18.4 Å². The minimum absolute atomic E-state index is 0.104. The number of anilines is 2. The number of nitrogens with zero attached hydrogens (tertiary/aromatic N) is 1. The summed E-state index contributed by atoms with van der Waals surface area (Å²) in [6.45, 7) is 3.56. The summed E-state index contributed by atoms with van der Waals surface area (Å²) in [5.74, 6) is -0.598. The zero-order valence-corrected chi connectivity index (χ0v) is 15.4. The maximum atomic E-state index is 12.2. The molecule has 0 aliphatic carbocycles. The highest BCUT2D eigenvalue weighted by Gasteiger charge is 2.18. The van der Waals surface area contributed by atoms with Crippen molar-refractivity contribution in [2.24, 2.45) is 0 Å². The van der Waals surface area contributed by atoms with E-state index in [1.807, 2.05) is 25.1 Å². The summed E-state index contributed by atoms with van der Waals surface area (Å²) in [6.07, 6.45) is 0. The fraction of sp³-hybridized carbons (Fsp3) is 0.267. The first kappa shape index (κ1) is 17.4. The van der Waals surface area contributed by atoms with Crippen molar-refractivity contribution in [3.05, 3.63) is 39.5 Å². The Hall–Kier alpha value is -1.93. The molecule has 1 heterocycles. The molecule has 0 aliphatic heterocycles. The minimum atomic E-state index is -0.316. The Bertz CT molecular complexity index is 745. The van der Waals surface area contributed by atoms with E-state index < -0.39 is 0 Å². The first-order valence-electron chi connectivity index (χ1n) is 6.90. The van der Waals surface area contributed by atoms with E-state index in [1.165, 1.54) is 11.5 Å². The molecule has 1 aromatic heterocycles. The average molecular weight is 397 g/mol. The van der Waals surface area contributed by atoms with E-state index in [1.54, 1.807) is 14.0 Å². The summed E-state index contributed by atoms with van der Waals surface area (Å²) in [6, 6.07) is 5.57. The summed E-state index contributed by atoms with van der Waals surface area (Å²) < 4.78 is 5.08. The summed E-state index contributed by atoms with van der Waals surface area (Å²) in [7, 11) is 1.73. The number of amides is 2. The van der Waals surface area contributed by atoms with Gasteiger partial charge in [0.15, 0.2) is 0 Å². The van der Waals surface area contributed by atoms with Gasteiger partial charge in [0.2, 0.25) is 5.91 Å². The number of hydrogen-bond donors (Lipinski definition) is 3. The summed E-state index contributed by atoms with van der Waals surface area (Å²) in [4.78, 5) is 24.2. The third-order valence-electron chi connectivity index (χ3n) is 3.19. The number of aryl methyl sites for hydroxylation is 2. The topological polar surface area (TPSA) is 83.1 Å². The number of carbonyl (C=O) groups is 2. The summed E-state index contributed by atoms with van der Waals surface area (Å²) >= 11 is 4.59. The van der Waals surface area contributed by atoms with Crippen molar-refractivity contribution in [1.82, 2.24) is 9.69 Å². The molecule has 0 bridgehead atoms. The molecular weight excluding hydrogens is 380 g/mol.